The Morgan fingerprint density at radius 2 is 1.66 bits per heavy atom. The first-order valence-corrected chi connectivity index (χ1v) is 11.1. The molecule has 0 amide bonds. The van der Waals surface area contributed by atoms with E-state index in [4.69, 9.17) is 4.74 Å². The van der Waals surface area contributed by atoms with Crippen LogP contribution in [-0.2, 0) is 10.0 Å². The quantitative estimate of drug-likeness (QED) is 0.467. The average Bonchev–Trinajstić information content (AvgIpc) is 3.03. The van der Waals surface area contributed by atoms with Crippen molar-refractivity contribution in [3.63, 3.8) is 0 Å². The van der Waals surface area contributed by atoms with Crippen LogP contribution in [0.1, 0.15) is 17.0 Å². The number of halogens is 1. The third-order valence-electron chi connectivity index (χ3n) is 4.95. The number of rotatable bonds is 6. The van der Waals surface area contributed by atoms with Gasteiger partial charge in [0.25, 0.3) is 10.0 Å². The van der Waals surface area contributed by atoms with Crippen molar-refractivity contribution in [3.05, 3.63) is 83.7 Å². The van der Waals surface area contributed by atoms with Crippen LogP contribution in [0.25, 0.3) is 5.82 Å². The van der Waals surface area contributed by atoms with Gasteiger partial charge in [-0.25, -0.2) is 27.5 Å². The maximum Gasteiger partial charge on any atom is 0.261 e. The van der Waals surface area contributed by atoms with Crippen LogP contribution in [0.5, 0.6) is 11.6 Å². The van der Waals surface area contributed by atoms with Crippen molar-refractivity contribution in [3.8, 4) is 17.4 Å². The number of anilines is 1. The summed E-state index contributed by atoms with van der Waals surface area (Å²) in [6, 6.07) is 12.6. The van der Waals surface area contributed by atoms with Crippen LogP contribution < -0.4 is 9.46 Å². The van der Waals surface area contributed by atoms with E-state index in [2.05, 4.69) is 19.8 Å². The number of hydrogen-bond acceptors (Lipinski definition) is 6. The zero-order valence-electron chi connectivity index (χ0n) is 17.6. The number of nitrogens with zero attached hydrogens (tertiary/aromatic N) is 4. The molecular formula is C22H20FN5O3S. The summed E-state index contributed by atoms with van der Waals surface area (Å²) in [6.45, 7) is 5.89. The molecular weight excluding hydrogens is 433 g/mol. The molecule has 0 bridgehead atoms. The number of aromatic nitrogens is 4. The predicted molar refractivity (Wildman–Crippen MR) is 117 cm³/mol. The molecule has 2 aromatic carbocycles. The Morgan fingerprint density at radius 3 is 2.28 bits per heavy atom. The molecule has 0 radical (unpaired) electrons. The molecule has 4 aromatic rings. The molecule has 0 fully saturated rings. The Hall–Kier alpha value is -3.79. The highest BCUT2D eigenvalue weighted by Crippen LogP contribution is 2.24. The van der Waals surface area contributed by atoms with Gasteiger partial charge >= 0.3 is 0 Å². The van der Waals surface area contributed by atoms with Gasteiger partial charge in [-0.05, 0) is 74.9 Å². The molecule has 1 N–H and O–H groups in total. The van der Waals surface area contributed by atoms with E-state index in [0.717, 1.165) is 29.1 Å². The predicted octanol–water partition coefficient (Wildman–Crippen LogP) is 4.32. The molecule has 0 atom stereocenters. The highest BCUT2D eigenvalue weighted by Gasteiger charge is 2.15. The first-order chi connectivity index (χ1) is 15.2. The van der Waals surface area contributed by atoms with Crippen LogP contribution in [-0.4, -0.2) is 28.2 Å². The second-order valence-corrected chi connectivity index (χ2v) is 8.79. The van der Waals surface area contributed by atoms with Crippen molar-refractivity contribution in [1.29, 1.82) is 0 Å². The molecule has 0 spiro atoms. The number of sulfonamides is 1. The van der Waals surface area contributed by atoms with Gasteiger partial charge in [-0.3, -0.25) is 4.72 Å². The Morgan fingerprint density at radius 1 is 0.969 bits per heavy atom. The Balaban J connectivity index is 1.49. The molecule has 164 valence electrons. The summed E-state index contributed by atoms with van der Waals surface area (Å²) >= 11 is 0. The largest absolute Gasteiger partial charge is 0.439 e. The lowest BCUT2D eigenvalue weighted by Gasteiger charge is -2.10. The van der Waals surface area contributed by atoms with E-state index in [0.29, 0.717) is 23.1 Å². The highest BCUT2D eigenvalue weighted by molar-refractivity contribution is 7.92. The van der Waals surface area contributed by atoms with Crippen LogP contribution >= 0.6 is 0 Å². The van der Waals surface area contributed by atoms with Crippen molar-refractivity contribution in [2.75, 3.05) is 4.72 Å². The van der Waals surface area contributed by atoms with Crippen molar-refractivity contribution in [2.45, 2.75) is 25.7 Å². The van der Waals surface area contributed by atoms with Crippen molar-refractivity contribution in [1.82, 2.24) is 19.7 Å². The SMILES string of the molecule is Cc1nn(-c2cc(Oc3ccc(NS(=O)(=O)c4ccc(F)cc4)cc3)ncn2)c(C)c1C. The topological polar surface area (TPSA) is 99.0 Å². The lowest BCUT2D eigenvalue weighted by molar-refractivity contribution is 0.460. The fourth-order valence-electron chi connectivity index (χ4n) is 2.98. The molecule has 0 unspecified atom stereocenters. The number of aryl methyl sites for hydroxylation is 1. The van der Waals surface area contributed by atoms with Gasteiger partial charge in [0.05, 0.1) is 10.6 Å². The maximum absolute atomic E-state index is 13.0. The summed E-state index contributed by atoms with van der Waals surface area (Å²) in [5, 5.41) is 4.49. The van der Waals surface area contributed by atoms with Crippen molar-refractivity contribution >= 4 is 15.7 Å². The lowest BCUT2D eigenvalue weighted by Crippen LogP contribution is -2.12. The Bertz CT molecular complexity index is 1370. The second kappa shape index (κ2) is 8.39. The molecule has 0 aliphatic rings. The molecule has 32 heavy (non-hydrogen) atoms. The summed E-state index contributed by atoms with van der Waals surface area (Å²) in [6.07, 6.45) is 1.39. The van der Waals surface area contributed by atoms with E-state index in [9.17, 15) is 12.8 Å². The fourth-order valence-corrected chi connectivity index (χ4v) is 4.04. The average molecular weight is 453 g/mol. The van der Waals surface area contributed by atoms with Crippen LogP contribution in [0.15, 0.2) is 65.8 Å². The molecule has 0 saturated carbocycles. The lowest BCUT2D eigenvalue weighted by atomic mass is 10.2. The van der Waals surface area contributed by atoms with E-state index in [-0.39, 0.29) is 4.90 Å². The van der Waals surface area contributed by atoms with E-state index >= 15 is 0 Å². The van der Waals surface area contributed by atoms with E-state index in [1.807, 2.05) is 20.8 Å². The molecule has 0 aliphatic carbocycles. The minimum Gasteiger partial charge on any atom is -0.439 e. The van der Waals surface area contributed by atoms with Crippen molar-refractivity contribution in [2.24, 2.45) is 0 Å². The molecule has 2 heterocycles. The van der Waals surface area contributed by atoms with E-state index in [1.165, 1.54) is 18.5 Å². The van der Waals surface area contributed by atoms with Crippen LogP contribution in [0.3, 0.4) is 0 Å². The maximum atomic E-state index is 13.0. The summed E-state index contributed by atoms with van der Waals surface area (Å²) in [5.41, 5.74) is 3.32. The number of ether oxygens (including phenoxy) is 1. The van der Waals surface area contributed by atoms with Crippen LogP contribution in [0.2, 0.25) is 0 Å². The molecule has 2 aromatic heterocycles. The molecule has 0 saturated heterocycles. The first-order valence-electron chi connectivity index (χ1n) is 9.64. The first kappa shape index (κ1) is 21.4. The smallest absolute Gasteiger partial charge is 0.261 e. The third kappa shape index (κ3) is 4.45. The van der Waals surface area contributed by atoms with Gasteiger partial charge in [-0.1, -0.05) is 0 Å². The normalized spacial score (nSPS) is 11.4. The zero-order valence-corrected chi connectivity index (χ0v) is 18.4. The van der Waals surface area contributed by atoms with Gasteiger partial charge in [-0.2, -0.15) is 5.10 Å². The summed E-state index contributed by atoms with van der Waals surface area (Å²) in [7, 11) is -3.83. The minimum atomic E-state index is -3.83. The molecule has 4 rings (SSSR count). The minimum absolute atomic E-state index is 0.0351. The van der Waals surface area contributed by atoms with Crippen molar-refractivity contribution < 1.29 is 17.5 Å². The molecule has 10 heteroatoms. The Kier molecular flexibility index (Phi) is 5.62. The number of hydrogen-bond donors (Lipinski definition) is 1. The standard InChI is InChI=1S/C22H20FN5O3S/c1-14-15(2)26-28(16(14)3)21-12-22(25-13-24-21)31-19-8-6-18(7-9-19)27-32(29,30)20-10-4-17(23)5-11-20/h4-13,27H,1-3H3. The van der Waals surface area contributed by atoms with Crippen LogP contribution in [0.4, 0.5) is 10.1 Å². The third-order valence-corrected chi connectivity index (χ3v) is 6.35. The zero-order chi connectivity index (χ0) is 22.9. The second-order valence-electron chi connectivity index (χ2n) is 7.11. The van der Waals surface area contributed by atoms with Gasteiger partial charge in [0.2, 0.25) is 5.88 Å². The molecule has 8 nitrogen and oxygen atoms in total. The van der Waals surface area contributed by atoms with Gasteiger partial charge in [0.15, 0.2) is 5.82 Å². The summed E-state index contributed by atoms with van der Waals surface area (Å²) in [5.74, 6) is 0.850. The number of nitrogens with one attached hydrogen (secondary N) is 1. The summed E-state index contributed by atoms with van der Waals surface area (Å²) < 4.78 is 47.9. The fraction of sp³-hybridized carbons (Fsp3) is 0.136. The Labute approximate surface area is 184 Å². The van der Waals surface area contributed by atoms with E-state index in [1.54, 1.807) is 35.0 Å². The van der Waals surface area contributed by atoms with E-state index < -0.39 is 15.8 Å². The van der Waals surface area contributed by atoms with Gasteiger partial charge in [0, 0.05) is 17.4 Å². The van der Waals surface area contributed by atoms with Crippen LogP contribution in [0, 0.1) is 26.6 Å². The highest BCUT2D eigenvalue weighted by atomic mass is 32.2. The monoisotopic (exact) mass is 453 g/mol. The number of benzene rings is 2. The van der Waals surface area contributed by atoms with Gasteiger partial charge < -0.3 is 4.74 Å². The van der Waals surface area contributed by atoms with Gasteiger partial charge in [0.1, 0.15) is 17.9 Å². The molecule has 0 aliphatic heterocycles. The summed E-state index contributed by atoms with van der Waals surface area (Å²) in [4.78, 5) is 8.36. The van der Waals surface area contributed by atoms with Gasteiger partial charge in [-0.15, -0.1) is 0 Å².